The largest absolute Gasteiger partial charge is 0.496 e. The molecule has 3 rings (SSSR count). The summed E-state index contributed by atoms with van der Waals surface area (Å²) in [6.45, 7) is 0.163. The van der Waals surface area contributed by atoms with E-state index >= 15 is 0 Å². The number of methoxy groups -OCH3 is 1. The Morgan fingerprint density at radius 1 is 1.07 bits per heavy atom. The number of nitriles is 1. The first-order valence-corrected chi connectivity index (χ1v) is 8.76. The summed E-state index contributed by atoms with van der Waals surface area (Å²) < 4.78 is 11.2. The highest BCUT2D eigenvalue weighted by Gasteiger charge is 2.16. The molecule has 0 saturated heterocycles. The molecule has 0 fully saturated rings. The van der Waals surface area contributed by atoms with Crippen LogP contribution in [0.2, 0.25) is 10.0 Å². The van der Waals surface area contributed by atoms with Gasteiger partial charge in [-0.25, -0.2) is 4.98 Å². The standard InChI is InChI=1S/C19H15Cl2N5O2/c1-27-15-4-2-10(17-13(8-22)18(23)26-19(24)25-17)6-11(15)9-28-16-5-3-12(20)7-14(16)21/h2-7H,9H2,1H3,(H4,23,24,25,26). The van der Waals surface area contributed by atoms with Gasteiger partial charge in [0.15, 0.2) is 0 Å². The first kappa shape index (κ1) is 19.5. The fourth-order valence-corrected chi connectivity index (χ4v) is 3.06. The van der Waals surface area contributed by atoms with Gasteiger partial charge in [-0.3, -0.25) is 0 Å². The van der Waals surface area contributed by atoms with E-state index in [1.165, 1.54) is 0 Å². The van der Waals surface area contributed by atoms with Crippen LogP contribution in [-0.4, -0.2) is 17.1 Å². The van der Waals surface area contributed by atoms with Gasteiger partial charge in [-0.05, 0) is 36.4 Å². The predicted octanol–water partition coefficient (Wildman–Crippen LogP) is 4.07. The quantitative estimate of drug-likeness (QED) is 0.643. The molecule has 9 heteroatoms. The molecule has 4 N–H and O–H groups in total. The third kappa shape index (κ3) is 4.03. The van der Waals surface area contributed by atoms with Gasteiger partial charge in [-0.2, -0.15) is 10.2 Å². The molecular formula is C19H15Cl2N5O2. The van der Waals surface area contributed by atoms with Crippen LogP contribution in [0.25, 0.3) is 11.3 Å². The fraction of sp³-hybridized carbons (Fsp3) is 0.105. The van der Waals surface area contributed by atoms with E-state index in [-0.39, 0.29) is 23.9 Å². The molecule has 0 spiro atoms. The van der Waals surface area contributed by atoms with E-state index in [2.05, 4.69) is 9.97 Å². The number of anilines is 2. The lowest BCUT2D eigenvalue weighted by Gasteiger charge is -2.14. The van der Waals surface area contributed by atoms with Gasteiger partial charge in [0.1, 0.15) is 35.6 Å². The lowest BCUT2D eigenvalue weighted by molar-refractivity contribution is 0.297. The molecule has 0 amide bonds. The van der Waals surface area contributed by atoms with Crippen LogP contribution >= 0.6 is 23.2 Å². The van der Waals surface area contributed by atoms with Crippen molar-refractivity contribution < 1.29 is 9.47 Å². The number of nitrogen functional groups attached to an aromatic ring is 2. The van der Waals surface area contributed by atoms with Crippen molar-refractivity contribution in [3.05, 3.63) is 57.6 Å². The average molecular weight is 416 g/mol. The third-order valence-electron chi connectivity index (χ3n) is 3.90. The molecule has 0 aliphatic rings. The molecule has 7 nitrogen and oxygen atoms in total. The van der Waals surface area contributed by atoms with Crippen LogP contribution in [-0.2, 0) is 6.61 Å². The Morgan fingerprint density at radius 3 is 2.50 bits per heavy atom. The minimum Gasteiger partial charge on any atom is -0.496 e. The smallest absolute Gasteiger partial charge is 0.222 e. The Bertz CT molecular complexity index is 1080. The second-order valence-electron chi connectivity index (χ2n) is 5.69. The number of nitrogens with two attached hydrogens (primary N) is 2. The van der Waals surface area contributed by atoms with E-state index in [1.807, 2.05) is 6.07 Å². The summed E-state index contributed by atoms with van der Waals surface area (Å²) in [5, 5.41) is 10.3. The minimum absolute atomic E-state index is 0.0200. The van der Waals surface area contributed by atoms with E-state index < -0.39 is 0 Å². The molecule has 0 radical (unpaired) electrons. The molecule has 0 aliphatic heterocycles. The molecule has 0 aliphatic carbocycles. The van der Waals surface area contributed by atoms with Crippen molar-refractivity contribution in [3.63, 3.8) is 0 Å². The number of aromatic nitrogens is 2. The number of rotatable bonds is 5. The zero-order chi connectivity index (χ0) is 20.3. The molecular weight excluding hydrogens is 401 g/mol. The molecule has 0 bridgehead atoms. The minimum atomic E-state index is -0.0203. The highest BCUT2D eigenvalue weighted by atomic mass is 35.5. The highest BCUT2D eigenvalue weighted by molar-refractivity contribution is 6.35. The van der Waals surface area contributed by atoms with Crippen molar-refractivity contribution in [2.24, 2.45) is 0 Å². The SMILES string of the molecule is COc1ccc(-c2nc(N)nc(N)c2C#N)cc1COc1ccc(Cl)cc1Cl. The van der Waals surface area contributed by atoms with E-state index in [1.54, 1.807) is 43.5 Å². The van der Waals surface area contributed by atoms with Crippen LogP contribution in [0.3, 0.4) is 0 Å². The van der Waals surface area contributed by atoms with Gasteiger partial charge in [-0.1, -0.05) is 23.2 Å². The lowest BCUT2D eigenvalue weighted by atomic mass is 10.0. The number of ether oxygens (including phenoxy) is 2. The average Bonchev–Trinajstić information content (AvgIpc) is 2.66. The molecule has 0 unspecified atom stereocenters. The Balaban J connectivity index is 1.98. The van der Waals surface area contributed by atoms with Crippen molar-refractivity contribution in [2.75, 3.05) is 18.6 Å². The topological polar surface area (TPSA) is 120 Å². The van der Waals surface area contributed by atoms with Crippen molar-refractivity contribution in [3.8, 4) is 28.8 Å². The van der Waals surface area contributed by atoms with Gasteiger partial charge in [-0.15, -0.1) is 0 Å². The molecule has 0 atom stereocenters. The summed E-state index contributed by atoms with van der Waals surface area (Å²) >= 11 is 12.1. The molecule has 0 saturated carbocycles. The van der Waals surface area contributed by atoms with Gasteiger partial charge >= 0.3 is 0 Å². The summed E-state index contributed by atoms with van der Waals surface area (Å²) in [5.41, 5.74) is 13.3. The zero-order valence-electron chi connectivity index (χ0n) is 14.7. The van der Waals surface area contributed by atoms with Crippen LogP contribution in [0, 0.1) is 11.3 Å². The molecule has 1 heterocycles. The summed E-state index contributed by atoms with van der Waals surface area (Å²) in [6, 6.07) is 12.2. The summed E-state index contributed by atoms with van der Waals surface area (Å²) in [7, 11) is 1.55. The molecule has 3 aromatic rings. The Labute approximate surface area is 171 Å². The van der Waals surface area contributed by atoms with Crippen molar-refractivity contribution >= 4 is 35.0 Å². The maximum Gasteiger partial charge on any atom is 0.222 e. The number of benzene rings is 2. The van der Waals surface area contributed by atoms with Crippen LogP contribution in [0.1, 0.15) is 11.1 Å². The van der Waals surface area contributed by atoms with Crippen molar-refractivity contribution in [1.82, 2.24) is 9.97 Å². The number of nitrogens with zero attached hydrogens (tertiary/aromatic N) is 3. The van der Waals surface area contributed by atoms with E-state index in [0.29, 0.717) is 38.4 Å². The van der Waals surface area contributed by atoms with E-state index in [0.717, 1.165) is 0 Å². The summed E-state index contributed by atoms with van der Waals surface area (Å²) in [5.74, 6) is 1.08. The second-order valence-corrected chi connectivity index (χ2v) is 6.54. The predicted molar refractivity (Wildman–Crippen MR) is 108 cm³/mol. The van der Waals surface area contributed by atoms with Crippen LogP contribution in [0.15, 0.2) is 36.4 Å². The molecule has 2 aromatic carbocycles. The van der Waals surface area contributed by atoms with Crippen LogP contribution < -0.4 is 20.9 Å². The highest BCUT2D eigenvalue weighted by Crippen LogP contribution is 2.32. The Hall–Kier alpha value is -3.21. The third-order valence-corrected chi connectivity index (χ3v) is 4.43. The first-order chi connectivity index (χ1) is 13.4. The van der Waals surface area contributed by atoms with Crippen LogP contribution in [0.4, 0.5) is 11.8 Å². The molecule has 142 valence electrons. The number of hydrogen-bond acceptors (Lipinski definition) is 7. The second kappa shape index (κ2) is 8.21. The maximum absolute atomic E-state index is 9.40. The van der Waals surface area contributed by atoms with Gasteiger partial charge < -0.3 is 20.9 Å². The Kier molecular flexibility index (Phi) is 5.73. The van der Waals surface area contributed by atoms with E-state index in [4.69, 9.17) is 44.1 Å². The van der Waals surface area contributed by atoms with Crippen molar-refractivity contribution in [2.45, 2.75) is 6.61 Å². The first-order valence-electron chi connectivity index (χ1n) is 8.01. The van der Waals surface area contributed by atoms with Gasteiger partial charge in [0.2, 0.25) is 5.95 Å². The Morgan fingerprint density at radius 2 is 1.82 bits per heavy atom. The fourth-order valence-electron chi connectivity index (χ4n) is 2.60. The van der Waals surface area contributed by atoms with Gasteiger partial charge in [0, 0.05) is 16.1 Å². The monoisotopic (exact) mass is 415 g/mol. The van der Waals surface area contributed by atoms with Crippen LogP contribution in [0.5, 0.6) is 11.5 Å². The van der Waals surface area contributed by atoms with Crippen molar-refractivity contribution in [1.29, 1.82) is 5.26 Å². The molecule has 28 heavy (non-hydrogen) atoms. The lowest BCUT2D eigenvalue weighted by Crippen LogP contribution is -2.05. The van der Waals surface area contributed by atoms with E-state index in [9.17, 15) is 5.26 Å². The number of hydrogen-bond donors (Lipinski definition) is 2. The maximum atomic E-state index is 9.40. The number of halogens is 2. The summed E-state index contributed by atoms with van der Waals surface area (Å²) in [4.78, 5) is 7.99. The zero-order valence-corrected chi connectivity index (χ0v) is 16.3. The van der Waals surface area contributed by atoms with Gasteiger partial charge in [0.05, 0.1) is 17.8 Å². The van der Waals surface area contributed by atoms with Gasteiger partial charge in [0.25, 0.3) is 0 Å². The summed E-state index contributed by atoms with van der Waals surface area (Å²) in [6.07, 6.45) is 0. The molecule has 1 aromatic heterocycles. The normalized spacial score (nSPS) is 10.4.